The smallest absolute Gasteiger partial charge is 0.282 e. The van der Waals surface area contributed by atoms with Crippen LogP contribution in [0.2, 0.25) is 0 Å². The number of nitro benzene ring substituents is 2. The van der Waals surface area contributed by atoms with Crippen LogP contribution in [-0.2, 0) is 0 Å². The van der Waals surface area contributed by atoms with Gasteiger partial charge in [0.25, 0.3) is 29.1 Å². The molecule has 0 atom stereocenters. The fourth-order valence-corrected chi connectivity index (χ4v) is 6.22. The number of nitro groups is 2. The van der Waals surface area contributed by atoms with Gasteiger partial charge in [0.15, 0.2) is 5.78 Å². The Labute approximate surface area is 251 Å². The van der Waals surface area contributed by atoms with E-state index in [-0.39, 0.29) is 25.6 Å². The van der Waals surface area contributed by atoms with Gasteiger partial charge in [0.2, 0.25) is 0 Å². The molecule has 3 aromatic rings. The maximum atomic E-state index is 13.7. The summed E-state index contributed by atoms with van der Waals surface area (Å²) in [6.07, 6.45) is 0. The quantitative estimate of drug-likeness (QED) is 0.0695. The van der Waals surface area contributed by atoms with Crippen LogP contribution < -0.4 is 0 Å². The molecule has 0 saturated heterocycles. The molecule has 1 heterocycles. The molecule has 0 unspecified atom stereocenters. The summed E-state index contributed by atoms with van der Waals surface area (Å²) < 4.78 is 1.11. The van der Waals surface area contributed by atoms with Gasteiger partial charge in [-0.3, -0.25) is 39.4 Å². The topological polar surface area (TPSA) is 161 Å². The highest BCUT2D eigenvalue weighted by molar-refractivity contribution is 9.15. The van der Waals surface area contributed by atoms with Crippen molar-refractivity contribution in [2.75, 3.05) is 6.54 Å². The van der Waals surface area contributed by atoms with Crippen molar-refractivity contribution in [2.45, 2.75) is 0 Å². The molecular weight excluding hydrogens is 780 g/mol. The molecule has 0 fully saturated rings. The molecule has 16 heteroatoms. The molecule has 0 saturated carbocycles. The predicted octanol–water partition coefficient (Wildman–Crippen LogP) is 6.09. The number of carbonyl (C=O) groups excluding carboxylic acids is 4. The maximum absolute atomic E-state index is 13.7. The van der Waals surface area contributed by atoms with Crippen molar-refractivity contribution in [3.63, 3.8) is 0 Å². The molecule has 0 bridgehead atoms. The van der Waals surface area contributed by atoms with E-state index in [4.69, 9.17) is 0 Å². The van der Waals surface area contributed by atoms with Gasteiger partial charge in [0.1, 0.15) is 12.1 Å². The Morgan fingerprint density at radius 3 is 1.90 bits per heavy atom. The number of benzene rings is 3. The van der Waals surface area contributed by atoms with Gasteiger partial charge in [-0.05, 0) is 69.8 Å². The lowest BCUT2D eigenvalue weighted by molar-refractivity contribution is -0.385. The van der Waals surface area contributed by atoms with E-state index in [1.807, 2.05) is 0 Å². The second kappa shape index (κ2) is 11.0. The van der Waals surface area contributed by atoms with Gasteiger partial charge in [0, 0.05) is 41.7 Å². The van der Waals surface area contributed by atoms with Gasteiger partial charge in [-0.15, -0.1) is 0 Å². The lowest BCUT2D eigenvalue weighted by Crippen LogP contribution is -2.51. The highest BCUT2D eigenvalue weighted by Gasteiger charge is 2.46. The van der Waals surface area contributed by atoms with E-state index in [0.717, 1.165) is 24.3 Å². The summed E-state index contributed by atoms with van der Waals surface area (Å²) in [7, 11) is 0. The Hall–Kier alpha value is -3.34. The van der Waals surface area contributed by atoms with E-state index in [2.05, 4.69) is 63.7 Å². The maximum Gasteiger partial charge on any atom is 0.282 e. The molecule has 198 valence electrons. The first-order valence-electron chi connectivity index (χ1n) is 10.4. The number of rotatable bonds is 7. The minimum absolute atomic E-state index is 0.134. The summed E-state index contributed by atoms with van der Waals surface area (Å²) in [6, 6.07) is 9.46. The number of hydrazine groups is 1. The Morgan fingerprint density at radius 1 is 0.795 bits per heavy atom. The molecule has 1 aliphatic rings. The third-order valence-electron chi connectivity index (χ3n) is 5.56. The fraction of sp³-hybridized carbons (Fsp3) is 0.0435. The summed E-state index contributed by atoms with van der Waals surface area (Å²) in [4.78, 5) is 75.4. The summed E-state index contributed by atoms with van der Waals surface area (Å²) in [5.41, 5.74) is -1.98. The van der Waals surface area contributed by atoms with Crippen LogP contribution in [0.25, 0.3) is 0 Å². The van der Waals surface area contributed by atoms with E-state index in [9.17, 15) is 39.4 Å². The zero-order valence-electron chi connectivity index (χ0n) is 18.9. The van der Waals surface area contributed by atoms with Crippen LogP contribution in [0.4, 0.5) is 11.4 Å². The molecule has 0 aliphatic carbocycles. The first-order valence-corrected chi connectivity index (χ1v) is 13.6. The van der Waals surface area contributed by atoms with Crippen molar-refractivity contribution in [3.05, 3.63) is 109 Å². The van der Waals surface area contributed by atoms with Gasteiger partial charge in [-0.1, -0.05) is 24.3 Å². The largest absolute Gasteiger partial charge is 0.292 e. The fourth-order valence-electron chi connectivity index (χ4n) is 3.76. The zero-order chi connectivity index (χ0) is 28.8. The molecule has 12 nitrogen and oxygen atoms in total. The van der Waals surface area contributed by atoms with E-state index in [0.29, 0.717) is 19.0 Å². The molecule has 39 heavy (non-hydrogen) atoms. The van der Waals surface area contributed by atoms with Crippen molar-refractivity contribution in [3.8, 4) is 0 Å². The molecule has 4 rings (SSSR count). The Balaban J connectivity index is 1.87. The van der Waals surface area contributed by atoms with E-state index < -0.39 is 56.8 Å². The third-order valence-corrected chi connectivity index (χ3v) is 10.3. The molecule has 3 amide bonds. The van der Waals surface area contributed by atoms with Crippen LogP contribution in [0.5, 0.6) is 0 Å². The number of ketones is 1. The van der Waals surface area contributed by atoms with Gasteiger partial charge in [-0.2, -0.15) is 5.01 Å². The monoisotopic (exact) mass is 786 g/mol. The van der Waals surface area contributed by atoms with E-state index >= 15 is 0 Å². The van der Waals surface area contributed by atoms with Gasteiger partial charge in [0.05, 0.1) is 21.0 Å². The average molecular weight is 790 g/mol. The lowest BCUT2D eigenvalue weighted by Gasteiger charge is -2.29. The minimum atomic E-state index is -1.19. The lowest BCUT2D eigenvalue weighted by atomic mass is 10.1. The van der Waals surface area contributed by atoms with Crippen LogP contribution in [0.3, 0.4) is 0 Å². The van der Waals surface area contributed by atoms with Gasteiger partial charge >= 0.3 is 0 Å². The summed E-state index contributed by atoms with van der Waals surface area (Å²) >= 11 is 13.1. The van der Waals surface area contributed by atoms with Crippen LogP contribution in [-0.4, -0.2) is 49.9 Å². The molecule has 0 radical (unpaired) electrons. The number of Topliss-reactive ketones (excluding diaryl/α,β-unsaturated/α-hetero) is 1. The molecular formula is C23H10Br4N4O8. The van der Waals surface area contributed by atoms with Crippen LogP contribution in [0.1, 0.15) is 41.4 Å². The van der Waals surface area contributed by atoms with Gasteiger partial charge < -0.3 is 0 Å². The van der Waals surface area contributed by atoms with Crippen LogP contribution in [0, 0.1) is 20.2 Å². The molecule has 0 N–H and O–H groups in total. The summed E-state index contributed by atoms with van der Waals surface area (Å²) in [6.45, 7) is -0.949. The normalized spacial score (nSPS) is 12.4. The Bertz CT molecular complexity index is 1600. The molecule has 3 aromatic carbocycles. The first-order chi connectivity index (χ1) is 18.4. The standard InChI is InChI=1S/C23H10Br4N4O8/c24-17-15-16(18(25)20(27)19(17)26)23(35)29(22(15)34)28(21(33)12-6-1-2-7-13(12)31(38)39)9-14(32)10-4-3-5-11(8-10)30(36)37/h1-8H,9H2. The van der Waals surface area contributed by atoms with Crippen molar-refractivity contribution >= 4 is 98.6 Å². The SMILES string of the molecule is O=C(CN(C(=O)c1ccccc1[N+](=O)[O-])N1C(=O)c2c(Br)c(Br)c(Br)c(Br)c2C1=O)c1cccc([N+](=O)[O-])c1. The van der Waals surface area contributed by atoms with Crippen molar-refractivity contribution in [1.29, 1.82) is 0 Å². The van der Waals surface area contributed by atoms with Crippen molar-refractivity contribution in [2.24, 2.45) is 0 Å². The number of carbonyl (C=O) groups is 4. The predicted molar refractivity (Wildman–Crippen MR) is 149 cm³/mol. The Morgan fingerprint density at radius 2 is 1.36 bits per heavy atom. The number of non-ortho nitro benzene ring substituents is 1. The number of nitrogens with zero attached hydrogens (tertiary/aromatic N) is 4. The first kappa shape index (κ1) is 28.7. The number of amides is 3. The molecule has 1 aliphatic heterocycles. The van der Waals surface area contributed by atoms with Crippen LogP contribution in [0.15, 0.2) is 66.4 Å². The van der Waals surface area contributed by atoms with E-state index in [1.54, 1.807) is 0 Å². The number of hydrogen-bond donors (Lipinski definition) is 0. The molecule has 0 spiro atoms. The highest BCUT2D eigenvalue weighted by atomic mass is 79.9. The summed E-state index contributed by atoms with van der Waals surface area (Å²) in [5.74, 6) is -4.05. The third kappa shape index (κ3) is 5.04. The zero-order valence-corrected chi connectivity index (χ0v) is 25.2. The summed E-state index contributed by atoms with van der Waals surface area (Å²) in [5, 5.41) is 23.7. The highest BCUT2D eigenvalue weighted by Crippen LogP contribution is 2.45. The average Bonchev–Trinajstić information content (AvgIpc) is 3.18. The minimum Gasteiger partial charge on any atom is -0.292 e. The second-order valence-corrected chi connectivity index (χ2v) is 11.0. The molecule has 0 aromatic heterocycles. The number of halogens is 4. The number of imide groups is 1. The van der Waals surface area contributed by atoms with Gasteiger partial charge in [-0.25, -0.2) is 5.01 Å². The van der Waals surface area contributed by atoms with Crippen molar-refractivity contribution < 1.29 is 29.0 Å². The number of fused-ring (bicyclic) bond motifs is 1. The number of hydrogen-bond acceptors (Lipinski definition) is 8. The van der Waals surface area contributed by atoms with Crippen LogP contribution >= 0.6 is 63.7 Å². The number of para-hydroxylation sites is 1. The Kier molecular flexibility index (Phi) is 8.11. The second-order valence-electron chi connectivity index (χ2n) is 7.80. The van der Waals surface area contributed by atoms with E-state index in [1.165, 1.54) is 24.3 Å². The van der Waals surface area contributed by atoms with Crippen molar-refractivity contribution in [1.82, 2.24) is 10.0 Å².